The summed E-state index contributed by atoms with van der Waals surface area (Å²) in [5, 5.41) is 0. The van der Waals surface area contributed by atoms with E-state index in [0.29, 0.717) is 11.7 Å². The molecule has 0 saturated heterocycles. The number of pyridine rings is 1. The number of nitrogens with zero attached hydrogens (tertiary/aromatic N) is 1. The number of hydrogen-bond acceptors (Lipinski definition) is 3. The molecule has 1 aromatic heterocycles. The zero-order chi connectivity index (χ0) is 18.7. The molecule has 1 heterocycles. The Bertz CT molecular complexity index is 928. The Labute approximate surface area is 152 Å². The number of nitrogens with two attached hydrogens (primary N) is 1. The summed E-state index contributed by atoms with van der Waals surface area (Å²) >= 11 is 0. The normalized spacial score (nSPS) is 14.2. The third kappa shape index (κ3) is 4.34. The Kier molecular flexibility index (Phi) is 5.13. The molecule has 1 amide bonds. The van der Waals surface area contributed by atoms with E-state index in [1.54, 1.807) is 10.6 Å². The highest BCUT2D eigenvalue weighted by molar-refractivity contribution is 5.75. The Morgan fingerprint density at radius 1 is 1.31 bits per heavy atom. The van der Waals surface area contributed by atoms with Crippen LogP contribution in [0.2, 0.25) is 0 Å². The highest BCUT2D eigenvalue weighted by atomic mass is 16.5. The Morgan fingerprint density at radius 3 is 2.58 bits per heavy atom. The van der Waals surface area contributed by atoms with Crippen LogP contribution in [0.3, 0.4) is 0 Å². The summed E-state index contributed by atoms with van der Waals surface area (Å²) in [6, 6.07) is 11.0. The molecular formula is C21H22N2O3. The van der Waals surface area contributed by atoms with Gasteiger partial charge in [0.05, 0.1) is 6.04 Å². The van der Waals surface area contributed by atoms with Gasteiger partial charge >= 0.3 is 0 Å². The number of carbonyl (C=O) groups is 1. The van der Waals surface area contributed by atoms with Gasteiger partial charge in [-0.3, -0.25) is 9.59 Å². The van der Waals surface area contributed by atoms with Crippen LogP contribution in [0.1, 0.15) is 42.6 Å². The molecular weight excluding hydrogens is 328 g/mol. The van der Waals surface area contributed by atoms with Crippen LogP contribution in [0.25, 0.3) is 0 Å². The lowest BCUT2D eigenvalue weighted by Gasteiger charge is -2.19. The van der Waals surface area contributed by atoms with Crippen molar-refractivity contribution in [1.82, 2.24) is 4.57 Å². The van der Waals surface area contributed by atoms with Crippen LogP contribution in [0.5, 0.6) is 5.75 Å². The molecule has 0 bridgehead atoms. The largest absolute Gasteiger partial charge is 0.484 e. The van der Waals surface area contributed by atoms with Gasteiger partial charge in [0.25, 0.3) is 11.5 Å². The third-order valence-corrected chi connectivity index (χ3v) is 4.39. The second-order valence-electron chi connectivity index (χ2n) is 6.64. The first kappa shape index (κ1) is 17.8. The van der Waals surface area contributed by atoms with E-state index in [1.165, 1.54) is 18.9 Å². The molecule has 2 N–H and O–H groups in total. The van der Waals surface area contributed by atoms with Crippen molar-refractivity contribution >= 4 is 5.91 Å². The zero-order valence-corrected chi connectivity index (χ0v) is 15.0. The zero-order valence-electron chi connectivity index (χ0n) is 15.0. The Hall–Kier alpha value is -3.00. The van der Waals surface area contributed by atoms with E-state index in [1.807, 2.05) is 38.1 Å². The molecule has 1 aliphatic carbocycles. The molecule has 3 rings (SSSR count). The average molecular weight is 350 g/mol. The molecule has 1 saturated carbocycles. The van der Waals surface area contributed by atoms with Gasteiger partial charge in [0.1, 0.15) is 5.75 Å². The summed E-state index contributed by atoms with van der Waals surface area (Å²) in [7, 11) is 0. The summed E-state index contributed by atoms with van der Waals surface area (Å²) in [4.78, 5) is 23.3. The quantitative estimate of drug-likeness (QED) is 0.842. The summed E-state index contributed by atoms with van der Waals surface area (Å²) in [5.41, 5.74) is 7.65. The van der Waals surface area contributed by atoms with Crippen molar-refractivity contribution in [3.05, 3.63) is 63.6 Å². The van der Waals surface area contributed by atoms with Gasteiger partial charge in [0, 0.05) is 23.2 Å². The fraction of sp³-hybridized carbons (Fsp3) is 0.333. The van der Waals surface area contributed by atoms with Crippen LogP contribution in [0.4, 0.5) is 0 Å². The first-order valence-electron chi connectivity index (χ1n) is 8.70. The Balaban J connectivity index is 1.80. The standard InChI is InChI=1S/C21H22N2O3/c1-14-11-19(26-13-20(22)24)12-21(25)23(14)15(2)18-9-7-17(8-10-18)6-5-16-3-4-16/h7-12,15-16H,3-4,13H2,1-2H3,(H2,22,24)/t15-/m1/s1. The first-order valence-corrected chi connectivity index (χ1v) is 8.70. The van der Waals surface area contributed by atoms with Gasteiger partial charge in [-0.1, -0.05) is 24.0 Å². The molecule has 26 heavy (non-hydrogen) atoms. The maximum Gasteiger partial charge on any atom is 0.255 e. The van der Waals surface area contributed by atoms with Gasteiger partial charge in [-0.05, 0) is 50.5 Å². The molecule has 2 aromatic rings. The molecule has 1 aromatic carbocycles. The number of primary amides is 1. The fourth-order valence-corrected chi connectivity index (χ4v) is 2.82. The minimum Gasteiger partial charge on any atom is -0.484 e. The molecule has 0 aliphatic heterocycles. The minimum absolute atomic E-state index is 0.127. The molecule has 1 aliphatic rings. The van der Waals surface area contributed by atoms with E-state index in [0.717, 1.165) is 16.8 Å². The van der Waals surface area contributed by atoms with Crippen molar-refractivity contribution in [1.29, 1.82) is 0 Å². The second-order valence-corrected chi connectivity index (χ2v) is 6.64. The van der Waals surface area contributed by atoms with Crippen LogP contribution in [0, 0.1) is 24.7 Å². The molecule has 0 unspecified atom stereocenters. The predicted octanol–water partition coefficient (Wildman–Crippen LogP) is 2.39. The van der Waals surface area contributed by atoms with E-state index >= 15 is 0 Å². The number of carbonyl (C=O) groups excluding carboxylic acids is 1. The average Bonchev–Trinajstić information content (AvgIpc) is 3.42. The summed E-state index contributed by atoms with van der Waals surface area (Å²) in [6.45, 7) is 3.57. The lowest BCUT2D eigenvalue weighted by Crippen LogP contribution is -2.26. The van der Waals surface area contributed by atoms with Crippen molar-refractivity contribution in [3.8, 4) is 17.6 Å². The van der Waals surface area contributed by atoms with E-state index in [2.05, 4.69) is 11.8 Å². The second kappa shape index (κ2) is 7.49. The van der Waals surface area contributed by atoms with Crippen molar-refractivity contribution in [2.45, 2.75) is 32.7 Å². The highest BCUT2D eigenvalue weighted by Crippen LogP contribution is 2.27. The number of rotatable bonds is 5. The summed E-state index contributed by atoms with van der Waals surface area (Å²) < 4.78 is 6.93. The SMILES string of the molecule is Cc1cc(OCC(N)=O)cc(=O)n1[C@H](C)c1ccc(C#CC2CC2)cc1. The Morgan fingerprint density at radius 2 is 2.00 bits per heavy atom. The van der Waals surface area contributed by atoms with E-state index in [-0.39, 0.29) is 18.2 Å². The van der Waals surface area contributed by atoms with Crippen LogP contribution in [-0.4, -0.2) is 17.1 Å². The van der Waals surface area contributed by atoms with Gasteiger partial charge in [-0.15, -0.1) is 0 Å². The van der Waals surface area contributed by atoms with Crippen LogP contribution >= 0.6 is 0 Å². The first-order chi connectivity index (χ1) is 12.4. The van der Waals surface area contributed by atoms with Crippen LogP contribution < -0.4 is 16.0 Å². The number of hydrogen-bond donors (Lipinski definition) is 1. The van der Waals surface area contributed by atoms with Gasteiger partial charge < -0.3 is 15.0 Å². The predicted molar refractivity (Wildman–Crippen MR) is 100.0 cm³/mol. The number of benzene rings is 1. The minimum atomic E-state index is -0.579. The van der Waals surface area contributed by atoms with Gasteiger partial charge in [-0.25, -0.2) is 0 Å². The van der Waals surface area contributed by atoms with E-state index in [4.69, 9.17) is 10.5 Å². The smallest absolute Gasteiger partial charge is 0.255 e. The molecule has 1 atom stereocenters. The van der Waals surface area contributed by atoms with Crippen molar-refractivity contribution < 1.29 is 9.53 Å². The van der Waals surface area contributed by atoms with Gasteiger partial charge in [0.2, 0.25) is 0 Å². The van der Waals surface area contributed by atoms with E-state index in [9.17, 15) is 9.59 Å². The monoisotopic (exact) mass is 350 g/mol. The maximum atomic E-state index is 12.5. The highest BCUT2D eigenvalue weighted by Gasteiger charge is 2.17. The molecule has 134 valence electrons. The van der Waals surface area contributed by atoms with Crippen LogP contribution in [-0.2, 0) is 4.79 Å². The lowest BCUT2D eigenvalue weighted by molar-refractivity contribution is -0.119. The van der Waals surface area contributed by atoms with Crippen molar-refractivity contribution in [2.24, 2.45) is 11.7 Å². The van der Waals surface area contributed by atoms with Gasteiger partial charge in [-0.2, -0.15) is 0 Å². The molecule has 5 heteroatoms. The lowest BCUT2D eigenvalue weighted by atomic mass is 10.1. The number of amides is 1. The molecule has 1 fully saturated rings. The van der Waals surface area contributed by atoms with Gasteiger partial charge in [0.15, 0.2) is 6.61 Å². The van der Waals surface area contributed by atoms with Crippen molar-refractivity contribution in [3.63, 3.8) is 0 Å². The van der Waals surface area contributed by atoms with Crippen molar-refractivity contribution in [2.75, 3.05) is 6.61 Å². The number of aromatic nitrogens is 1. The molecule has 5 nitrogen and oxygen atoms in total. The molecule has 0 radical (unpaired) electrons. The van der Waals surface area contributed by atoms with E-state index < -0.39 is 5.91 Å². The number of aryl methyl sites for hydroxylation is 1. The number of ether oxygens (including phenoxy) is 1. The van der Waals surface area contributed by atoms with Crippen LogP contribution in [0.15, 0.2) is 41.2 Å². The fourth-order valence-electron chi connectivity index (χ4n) is 2.82. The summed E-state index contributed by atoms with van der Waals surface area (Å²) in [6.07, 6.45) is 2.42. The summed E-state index contributed by atoms with van der Waals surface area (Å²) in [5.74, 6) is 6.78. The maximum absolute atomic E-state index is 12.5. The third-order valence-electron chi connectivity index (χ3n) is 4.39. The molecule has 0 spiro atoms. The topological polar surface area (TPSA) is 74.3 Å².